The third kappa shape index (κ3) is 4.23. The number of nitrogens with zero attached hydrogens (tertiary/aromatic N) is 4. The maximum atomic E-state index is 6.46. The molecule has 13 aromatic rings. The first kappa shape index (κ1) is 30.6. The second-order valence-electron chi connectivity index (χ2n) is 14.9. The lowest BCUT2D eigenvalue weighted by Gasteiger charge is -2.11. The van der Waals surface area contributed by atoms with Crippen LogP contribution < -0.4 is 0 Å². The highest BCUT2D eigenvalue weighted by molar-refractivity contribution is 6.34. The van der Waals surface area contributed by atoms with Crippen molar-refractivity contribution in [1.82, 2.24) is 18.9 Å². The van der Waals surface area contributed by atoms with E-state index in [1.54, 1.807) is 0 Å². The van der Waals surface area contributed by atoms with Crippen molar-refractivity contribution in [2.75, 3.05) is 0 Å². The van der Waals surface area contributed by atoms with Crippen LogP contribution in [-0.2, 0) is 0 Å². The molecule has 13 rings (SSSR count). The van der Waals surface area contributed by atoms with E-state index in [-0.39, 0.29) is 0 Å². The van der Waals surface area contributed by atoms with E-state index in [2.05, 4.69) is 167 Å². The molecule has 0 aliphatic carbocycles. The molecule has 0 fully saturated rings. The van der Waals surface area contributed by atoms with E-state index in [1.807, 2.05) is 24.3 Å². The molecule has 5 aromatic heterocycles. The molecule has 0 atom stereocenters. The van der Waals surface area contributed by atoms with Gasteiger partial charge in [-0.15, -0.1) is 0 Å². The van der Waals surface area contributed by atoms with Crippen molar-refractivity contribution < 1.29 is 4.42 Å². The smallest absolute Gasteiger partial charge is 0.180 e. The fourth-order valence-electron chi connectivity index (χ4n) is 9.35. The van der Waals surface area contributed by atoms with Gasteiger partial charge in [0.2, 0.25) is 0 Å². The quantitative estimate of drug-likeness (QED) is 0.181. The number of para-hydroxylation sites is 4. The van der Waals surface area contributed by atoms with Crippen LogP contribution in [0.4, 0.5) is 0 Å². The lowest BCUT2D eigenvalue weighted by Crippen LogP contribution is -1.96. The van der Waals surface area contributed by atoms with E-state index in [0.717, 1.165) is 44.6 Å². The first-order valence-electron chi connectivity index (χ1n) is 19.3. The number of fused-ring (bicyclic) bond motifs is 13. The Balaban J connectivity index is 1.02. The number of benzene rings is 8. The normalized spacial score (nSPS) is 12.2. The van der Waals surface area contributed by atoms with E-state index >= 15 is 0 Å². The van der Waals surface area contributed by atoms with Gasteiger partial charge in [-0.2, -0.15) is 0 Å². The van der Waals surface area contributed by atoms with Crippen LogP contribution in [0.5, 0.6) is 0 Å². The van der Waals surface area contributed by atoms with E-state index in [0.29, 0.717) is 11.4 Å². The monoisotopic (exact) mass is 726 g/mol. The zero-order chi connectivity index (χ0) is 37.2. The molecule has 5 nitrogen and oxygen atoms in total. The van der Waals surface area contributed by atoms with Crippen molar-refractivity contribution >= 4 is 82.0 Å². The Hall–Kier alpha value is -7.76. The van der Waals surface area contributed by atoms with Gasteiger partial charge in [0.1, 0.15) is 16.8 Å². The molecule has 0 spiro atoms. The predicted octanol–water partition coefficient (Wildman–Crippen LogP) is 13.6. The maximum Gasteiger partial charge on any atom is 0.180 e. The maximum absolute atomic E-state index is 6.46. The minimum Gasteiger partial charge on any atom is -0.452 e. The van der Waals surface area contributed by atoms with E-state index in [1.165, 1.54) is 65.5 Å². The van der Waals surface area contributed by atoms with Crippen LogP contribution in [0.15, 0.2) is 186 Å². The molecule has 0 amide bonds. The minimum atomic E-state index is 0.656. The highest BCUT2D eigenvalue weighted by Crippen LogP contribution is 2.46. The molecule has 0 N–H and O–H groups in total. The summed E-state index contributed by atoms with van der Waals surface area (Å²) in [6.45, 7) is 0. The van der Waals surface area contributed by atoms with Gasteiger partial charge in [0.15, 0.2) is 11.4 Å². The summed E-state index contributed by atoms with van der Waals surface area (Å²) < 4.78 is 11.4. The molecule has 5 heterocycles. The lowest BCUT2D eigenvalue weighted by molar-refractivity contribution is 0.667. The minimum absolute atomic E-state index is 0.656. The Morgan fingerprint density at radius 1 is 0.404 bits per heavy atom. The van der Waals surface area contributed by atoms with E-state index in [4.69, 9.17) is 14.4 Å². The summed E-state index contributed by atoms with van der Waals surface area (Å²) in [4.78, 5) is 10.4. The Morgan fingerprint density at radius 2 is 0.965 bits per heavy atom. The topological polar surface area (TPSA) is 48.3 Å². The molecule has 57 heavy (non-hydrogen) atoms. The van der Waals surface area contributed by atoms with Crippen LogP contribution in [0.1, 0.15) is 0 Å². The van der Waals surface area contributed by atoms with Crippen LogP contribution in [0.25, 0.3) is 121 Å². The van der Waals surface area contributed by atoms with Crippen molar-refractivity contribution in [2.45, 2.75) is 0 Å². The number of rotatable bonds is 4. The zero-order valence-corrected chi connectivity index (χ0v) is 30.5. The summed E-state index contributed by atoms with van der Waals surface area (Å²) >= 11 is 0. The number of aromatic nitrogens is 4. The van der Waals surface area contributed by atoms with Gasteiger partial charge in [0.05, 0.1) is 27.6 Å². The second-order valence-corrected chi connectivity index (χ2v) is 14.9. The highest BCUT2D eigenvalue weighted by Gasteiger charge is 2.24. The molecule has 264 valence electrons. The van der Waals surface area contributed by atoms with Crippen LogP contribution in [0.2, 0.25) is 0 Å². The van der Waals surface area contributed by atoms with Crippen LogP contribution in [0, 0.1) is 0 Å². The van der Waals surface area contributed by atoms with Crippen molar-refractivity contribution in [3.05, 3.63) is 182 Å². The predicted molar refractivity (Wildman–Crippen MR) is 235 cm³/mol. The first-order valence-corrected chi connectivity index (χ1v) is 19.3. The van der Waals surface area contributed by atoms with Crippen LogP contribution in [0.3, 0.4) is 0 Å². The van der Waals surface area contributed by atoms with Gasteiger partial charge in [-0.05, 0) is 71.8 Å². The summed E-state index contributed by atoms with van der Waals surface area (Å²) in [7, 11) is 0. The van der Waals surface area contributed by atoms with Crippen LogP contribution in [-0.4, -0.2) is 18.9 Å². The lowest BCUT2D eigenvalue weighted by atomic mass is 10.0. The fourth-order valence-corrected chi connectivity index (χ4v) is 9.35. The van der Waals surface area contributed by atoms with Gasteiger partial charge < -0.3 is 13.4 Å². The van der Waals surface area contributed by atoms with Crippen molar-refractivity contribution in [1.29, 1.82) is 0 Å². The summed E-state index contributed by atoms with van der Waals surface area (Å²) in [5, 5.41) is 8.56. The fraction of sp³-hybridized carbons (Fsp3) is 0. The largest absolute Gasteiger partial charge is 0.452 e. The molecule has 5 heteroatoms. The Labute approximate surface area is 325 Å². The molecule has 0 aliphatic rings. The summed E-state index contributed by atoms with van der Waals surface area (Å²) in [6, 6.07) is 64.7. The van der Waals surface area contributed by atoms with E-state index < -0.39 is 0 Å². The number of hydrogen-bond acceptors (Lipinski definition) is 3. The first-order chi connectivity index (χ1) is 28.3. The third-order valence-electron chi connectivity index (χ3n) is 11.9. The SMILES string of the molecule is c1ccc(-c2ccc(-c3nc(-c4ccc(-n5c6ccccc6c6cc7c8ccccc8n8c9ccccc9c(c65)c78)cc4)nc4c3oc3ccccc34)cc2)cc1. The van der Waals surface area contributed by atoms with Crippen molar-refractivity contribution in [3.8, 4) is 39.5 Å². The Bertz CT molecular complexity index is 3720. The average molecular weight is 727 g/mol. The van der Waals surface area contributed by atoms with Gasteiger partial charge >= 0.3 is 0 Å². The molecular weight excluding hydrogens is 697 g/mol. The van der Waals surface area contributed by atoms with Crippen molar-refractivity contribution in [2.24, 2.45) is 0 Å². The average Bonchev–Trinajstić information content (AvgIpc) is 4.02. The summed E-state index contributed by atoms with van der Waals surface area (Å²) in [6.07, 6.45) is 0. The molecule has 0 aliphatic heterocycles. The summed E-state index contributed by atoms with van der Waals surface area (Å²) in [5.74, 6) is 0.656. The molecule has 0 radical (unpaired) electrons. The third-order valence-corrected chi connectivity index (χ3v) is 11.9. The van der Waals surface area contributed by atoms with Gasteiger partial charge in [-0.3, -0.25) is 0 Å². The van der Waals surface area contributed by atoms with Gasteiger partial charge in [0.25, 0.3) is 0 Å². The Kier molecular flexibility index (Phi) is 6.10. The van der Waals surface area contributed by atoms with Crippen molar-refractivity contribution in [3.63, 3.8) is 0 Å². The van der Waals surface area contributed by atoms with Gasteiger partial charge in [0, 0.05) is 54.5 Å². The van der Waals surface area contributed by atoms with Crippen LogP contribution >= 0.6 is 0 Å². The van der Waals surface area contributed by atoms with Gasteiger partial charge in [-0.1, -0.05) is 121 Å². The Morgan fingerprint density at radius 3 is 1.74 bits per heavy atom. The molecule has 8 aromatic carbocycles. The molecular formula is C52H30N4O. The number of hydrogen-bond donors (Lipinski definition) is 0. The molecule has 0 saturated carbocycles. The standard InChI is InChI=1S/C52H30N4O/c1-2-12-31(13-3-1)32-22-24-33(25-23-32)47-51-48(39-17-7-11-21-45(39)57-51)54-52(53-47)34-26-28-35(29-27-34)55-42-18-8-4-14-36(42)40-30-41-37-15-5-9-19-43(37)56-44-20-10-6-16-38(44)46(49(40)55)50(41)56/h1-30H. The zero-order valence-electron chi connectivity index (χ0n) is 30.5. The van der Waals surface area contributed by atoms with E-state index in [9.17, 15) is 0 Å². The second kappa shape index (κ2) is 11.4. The number of furan rings is 1. The highest BCUT2D eigenvalue weighted by atomic mass is 16.3. The molecule has 0 saturated heterocycles. The molecule has 0 unspecified atom stereocenters. The summed E-state index contributed by atoms with van der Waals surface area (Å²) in [5.41, 5.74) is 14.5. The van der Waals surface area contributed by atoms with Gasteiger partial charge in [-0.25, -0.2) is 9.97 Å². The molecule has 0 bridgehead atoms.